The van der Waals surface area contributed by atoms with Gasteiger partial charge in [-0.2, -0.15) is 0 Å². The number of nitrogens with two attached hydrogens (primary N) is 2. The van der Waals surface area contributed by atoms with Crippen LogP contribution in [0.25, 0.3) is 0 Å². The number of rotatable bonds is 4. The highest BCUT2D eigenvalue weighted by Gasteiger charge is 2.11. The zero-order valence-corrected chi connectivity index (χ0v) is 6.60. The van der Waals surface area contributed by atoms with Gasteiger partial charge in [0.1, 0.15) is 6.04 Å². The average Bonchev–Trinajstić information content (AvgIpc) is 1.82. The van der Waals surface area contributed by atoms with Crippen LogP contribution >= 0.6 is 11.8 Å². The molecule has 0 heterocycles. The molecule has 10 heavy (non-hydrogen) atoms. The summed E-state index contributed by atoms with van der Waals surface area (Å²) in [5.41, 5.74) is 10.5. The summed E-state index contributed by atoms with van der Waals surface area (Å²) in [6, 6.07) is -0.795. The van der Waals surface area contributed by atoms with Gasteiger partial charge in [0.2, 0.25) is 0 Å². The maximum Gasteiger partial charge on any atom is 0.321 e. The van der Waals surface area contributed by atoms with Crippen molar-refractivity contribution in [3.05, 3.63) is 0 Å². The minimum absolute atomic E-state index is 0.0506. The molecule has 0 amide bonds. The topological polar surface area (TPSA) is 89.3 Å². The van der Waals surface area contributed by atoms with Crippen molar-refractivity contribution in [2.45, 2.75) is 18.3 Å². The van der Waals surface area contributed by atoms with E-state index in [0.717, 1.165) is 0 Å². The molecule has 5 heteroatoms. The van der Waals surface area contributed by atoms with Crippen molar-refractivity contribution >= 4 is 17.7 Å². The van der Waals surface area contributed by atoms with E-state index in [1.165, 1.54) is 11.8 Å². The van der Waals surface area contributed by atoms with E-state index in [-0.39, 0.29) is 5.37 Å². The van der Waals surface area contributed by atoms with E-state index in [2.05, 4.69) is 0 Å². The first-order valence-electron chi connectivity index (χ1n) is 2.89. The Morgan fingerprint density at radius 1 is 1.70 bits per heavy atom. The third-order valence-corrected chi connectivity index (χ3v) is 1.93. The van der Waals surface area contributed by atoms with Gasteiger partial charge in [-0.3, -0.25) is 4.79 Å². The molecule has 2 atom stereocenters. The van der Waals surface area contributed by atoms with Crippen molar-refractivity contribution in [3.63, 3.8) is 0 Å². The molecular weight excluding hydrogens is 152 g/mol. The number of thioether (sulfide) groups is 1. The van der Waals surface area contributed by atoms with Crippen molar-refractivity contribution in [1.29, 1.82) is 0 Å². The van der Waals surface area contributed by atoms with Gasteiger partial charge in [0.05, 0.1) is 0 Å². The van der Waals surface area contributed by atoms with E-state index in [4.69, 9.17) is 16.6 Å². The van der Waals surface area contributed by atoms with Gasteiger partial charge < -0.3 is 16.6 Å². The first kappa shape index (κ1) is 9.74. The summed E-state index contributed by atoms with van der Waals surface area (Å²) < 4.78 is 0. The fourth-order valence-electron chi connectivity index (χ4n) is 0.327. The summed E-state index contributed by atoms with van der Waals surface area (Å²) in [6.45, 7) is 1.79. The number of hydrogen-bond donors (Lipinski definition) is 3. The van der Waals surface area contributed by atoms with Gasteiger partial charge in [0.25, 0.3) is 0 Å². The van der Waals surface area contributed by atoms with E-state index < -0.39 is 12.0 Å². The second-order valence-corrected chi connectivity index (χ2v) is 3.39. The van der Waals surface area contributed by atoms with Gasteiger partial charge in [-0.05, 0) is 6.92 Å². The summed E-state index contributed by atoms with van der Waals surface area (Å²) in [7, 11) is 0. The molecule has 0 saturated carbocycles. The van der Waals surface area contributed by atoms with Gasteiger partial charge in [0, 0.05) is 11.1 Å². The highest BCUT2D eigenvalue weighted by Crippen LogP contribution is 2.04. The average molecular weight is 164 g/mol. The van der Waals surface area contributed by atoms with Gasteiger partial charge in [-0.25, -0.2) is 0 Å². The largest absolute Gasteiger partial charge is 0.480 e. The van der Waals surface area contributed by atoms with Crippen molar-refractivity contribution in [3.8, 4) is 0 Å². The van der Waals surface area contributed by atoms with Gasteiger partial charge >= 0.3 is 5.97 Å². The molecule has 1 unspecified atom stereocenters. The highest BCUT2D eigenvalue weighted by molar-refractivity contribution is 7.99. The quantitative estimate of drug-likeness (QED) is 0.484. The lowest BCUT2D eigenvalue weighted by Gasteiger charge is -2.07. The van der Waals surface area contributed by atoms with Gasteiger partial charge in [-0.1, -0.05) is 0 Å². The molecule has 60 valence electrons. The fraction of sp³-hybridized carbons (Fsp3) is 0.800. The monoisotopic (exact) mass is 164 g/mol. The number of carbonyl (C=O) groups is 1. The summed E-state index contributed by atoms with van der Waals surface area (Å²) in [4.78, 5) is 10.1. The van der Waals surface area contributed by atoms with E-state index in [1.54, 1.807) is 6.92 Å². The molecule has 0 aliphatic rings. The maximum absolute atomic E-state index is 10.1. The zero-order chi connectivity index (χ0) is 8.15. The molecule has 0 aromatic heterocycles. The van der Waals surface area contributed by atoms with E-state index >= 15 is 0 Å². The van der Waals surface area contributed by atoms with Gasteiger partial charge in [-0.15, -0.1) is 11.8 Å². The molecule has 0 radical (unpaired) electrons. The fourth-order valence-corrected chi connectivity index (χ4v) is 0.980. The standard InChI is InChI=1S/C5H12N2O2S/c1-3(6)10-2-4(7)5(8)9/h3-4H,2,6-7H2,1H3,(H,8,9)/t3?,4-/m0/s1. The molecule has 0 spiro atoms. The minimum Gasteiger partial charge on any atom is -0.480 e. The van der Waals surface area contributed by atoms with Crippen LogP contribution in [0.1, 0.15) is 6.92 Å². The Labute approximate surface area is 64.0 Å². The molecule has 0 aliphatic heterocycles. The predicted octanol–water partition coefficient (Wildman–Crippen LogP) is -0.564. The van der Waals surface area contributed by atoms with Crippen LogP contribution in [0.4, 0.5) is 0 Å². The zero-order valence-electron chi connectivity index (χ0n) is 5.78. The van der Waals surface area contributed by atoms with Crippen LogP contribution in [0.3, 0.4) is 0 Å². The molecule has 5 N–H and O–H groups in total. The third-order valence-electron chi connectivity index (χ3n) is 0.856. The summed E-state index contributed by atoms with van der Waals surface area (Å²) in [6.07, 6.45) is 0. The van der Waals surface area contributed by atoms with Crippen LogP contribution in [0.2, 0.25) is 0 Å². The molecule has 0 aromatic carbocycles. The minimum atomic E-state index is -0.979. The van der Waals surface area contributed by atoms with Crippen LogP contribution < -0.4 is 11.5 Å². The molecule has 0 aromatic rings. The second kappa shape index (κ2) is 4.54. The molecule has 0 saturated heterocycles. The molecular formula is C5H12N2O2S. The smallest absolute Gasteiger partial charge is 0.321 e. The summed E-state index contributed by atoms with van der Waals surface area (Å²) >= 11 is 1.34. The lowest BCUT2D eigenvalue weighted by atomic mass is 10.4. The molecule has 0 bridgehead atoms. The van der Waals surface area contributed by atoms with Crippen molar-refractivity contribution in [1.82, 2.24) is 0 Å². The van der Waals surface area contributed by atoms with Crippen molar-refractivity contribution in [2.75, 3.05) is 5.75 Å². The number of aliphatic carboxylic acids is 1. The Morgan fingerprint density at radius 3 is 2.50 bits per heavy atom. The Balaban J connectivity index is 3.40. The van der Waals surface area contributed by atoms with Crippen LogP contribution in [-0.2, 0) is 4.79 Å². The maximum atomic E-state index is 10.1. The Kier molecular flexibility index (Phi) is 4.42. The van der Waals surface area contributed by atoms with E-state index in [0.29, 0.717) is 5.75 Å². The first-order chi connectivity index (χ1) is 4.54. The summed E-state index contributed by atoms with van der Waals surface area (Å²) in [5, 5.41) is 8.27. The van der Waals surface area contributed by atoms with Crippen LogP contribution in [0, 0.1) is 0 Å². The van der Waals surface area contributed by atoms with Crippen LogP contribution in [0.5, 0.6) is 0 Å². The predicted molar refractivity (Wildman–Crippen MR) is 41.7 cm³/mol. The summed E-state index contributed by atoms with van der Waals surface area (Å²) in [5.74, 6) is -0.611. The molecule has 0 fully saturated rings. The van der Waals surface area contributed by atoms with Crippen molar-refractivity contribution in [2.24, 2.45) is 11.5 Å². The van der Waals surface area contributed by atoms with Crippen LogP contribution in [0.15, 0.2) is 0 Å². The Bertz CT molecular complexity index is 118. The third kappa shape index (κ3) is 4.60. The lowest BCUT2D eigenvalue weighted by molar-refractivity contribution is -0.137. The second-order valence-electron chi connectivity index (χ2n) is 1.98. The van der Waals surface area contributed by atoms with Crippen molar-refractivity contribution < 1.29 is 9.90 Å². The Hall–Kier alpha value is -0.260. The van der Waals surface area contributed by atoms with Crippen LogP contribution in [-0.4, -0.2) is 28.2 Å². The lowest BCUT2D eigenvalue weighted by Crippen LogP contribution is -2.33. The molecule has 0 aliphatic carbocycles. The highest BCUT2D eigenvalue weighted by atomic mass is 32.2. The van der Waals surface area contributed by atoms with Gasteiger partial charge in [0.15, 0.2) is 0 Å². The first-order valence-corrected chi connectivity index (χ1v) is 3.94. The van der Waals surface area contributed by atoms with E-state index in [9.17, 15) is 4.79 Å². The van der Waals surface area contributed by atoms with E-state index in [1.807, 2.05) is 0 Å². The molecule has 0 rings (SSSR count). The number of hydrogen-bond acceptors (Lipinski definition) is 4. The molecule has 4 nitrogen and oxygen atoms in total. The SMILES string of the molecule is CC(N)SC[C@H](N)C(=O)O. The normalized spacial score (nSPS) is 16.3. The Morgan fingerprint density at radius 2 is 2.20 bits per heavy atom. The number of carboxylic acid groups (broad SMARTS) is 1. The number of carboxylic acids is 1.